The quantitative estimate of drug-likeness (QED) is 0.820. The summed E-state index contributed by atoms with van der Waals surface area (Å²) in [4.78, 5) is 0. The zero-order chi connectivity index (χ0) is 14.5. The lowest BCUT2D eigenvalue weighted by atomic mass is 10.0. The summed E-state index contributed by atoms with van der Waals surface area (Å²) >= 11 is 0. The van der Waals surface area contributed by atoms with Crippen molar-refractivity contribution in [2.75, 3.05) is 6.54 Å². The van der Waals surface area contributed by atoms with Crippen LogP contribution in [0, 0.1) is 5.82 Å². The van der Waals surface area contributed by atoms with Gasteiger partial charge >= 0.3 is 0 Å². The molecule has 1 heterocycles. The minimum absolute atomic E-state index is 0.188. The summed E-state index contributed by atoms with van der Waals surface area (Å²) in [6, 6.07) is 5.31. The highest BCUT2D eigenvalue weighted by Crippen LogP contribution is 2.27. The first-order chi connectivity index (χ1) is 9.65. The molecule has 1 N–H and O–H groups in total. The minimum atomic E-state index is -0.188. The van der Waals surface area contributed by atoms with Crippen molar-refractivity contribution in [3.63, 3.8) is 0 Å². The molecule has 0 saturated heterocycles. The van der Waals surface area contributed by atoms with Crippen LogP contribution in [0.5, 0.6) is 0 Å². The highest BCUT2D eigenvalue weighted by molar-refractivity contribution is 5.66. The van der Waals surface area contributed by atoms with Gasteiger partial charge in [0.2, 0.25) is 0 Å². The molecule has 20 heavy (non-hydrogen) atoms. The third kappa shape index (κ3) is 3.25. The zero-order valence-corrected chi connectivity index (χ0v) is 12.4. The van der Waals surface area contributed by atoms with Crippen molar-refractivity contribution in [2.24, 2.45) is 7.05 Å². The van der Waals surface area contributed by atoms with Gasteiger partial charge < -0.3 is 5.32 Å². The second kappa shape index (κ2) is 6.66. The molecule has 0 unspecified atom stereocenters. The fraction of sp³-hybridized carbons (Fsp3) is 0.438. The molecule has 1 aromatic heterocycles. The average molecular weight is 275 g/mol. The largest absolute Gasteiger partial charge is 0.313 e. The third-order valence-corrected chi connectivity index (χ3v) is 3.32. The van der Waals surface area contributed by atoms with Crippen molar-refractivity contribution in [3.05, 3.63) is 41.5 Å². The van der Waals surface area contributed by atoms with Crippen LogP contribution in [0.2, 0.25) is 0 Å². The van der Waals surface area contributed by atoms with E-state index in [9.17, 15) is 4.39 Å². The number of rotatable bonds is 6. The summed E-state index contributed by atoms with van der Waals surface area (Å²) in [5.41, 5.74) is 3.57. The molecule has 0 aliphatic rings. The molecular formula is C16H22FN3. The maximum atomic E-state index is 14.1. The fourth-order valence-electron chi connectivity index (χ4n) is 2.32. The van der Waals surface area contributed by atoms with E-state index in [0.717, 1.165) is 42.8 Å². The first-order valence-corrected chi connectivity index (χ1v) is 7.17. The molecule has 0 radical (unpaired) electrons. The van der Waals surface area contributed by atoms with Gasteiger partial charge in [-0.2, -0.15) is 5.10 Å². The molecule has 3 nitrogen and oxygen atoms in total. The van der Waals surface area contributed by atoms with Gasteiger partial charge in [0.1, 0.15) is 5.82 Å². The Bertz CT molecular complexity index is 575. The number of nitrogens with one attached hydrogen (secondary N) is 1. The van der Waals surface area contributed by atoms with Crippen molar-refractivity contribution < 1.29 is 4.39 Å². The van der Waals surface area contributed by atoms with Gasteiger partial charge in [0, 0.05) is 30.9 Å². The van der Waals surface area contributed by atoms with Crippen LogP contribution in [-0.4, -0.2) is 16.3 Å². The molecule has 2 aromatic rings. The summed E-state index contributed by atoms with van der Waals surface area (Å²) in [5.74, 6) is -0.188. The Hall–Kier alpha value is -1.68. The van der Waals surface area contributed by atoms with Gasteiger partial charge in [0.25, 0.3) is 0 Å². The number of hydrogen-bond acceptors (Lipinski definition) is 2. The first-order valence-electron chi connectivity index (χ1n) is 7.17. The Balaban J connectivity index is 2.32. The molecular weight excluding hydrogens is 253 g/mol. The summed E-state index contributed by atoms with van der Waals surface area (Å²) in [6.45, 7) is 5.91. The lowest BCUT2D eigenvalue weighted by Gasteiger charge is -2.08. The van der Waals surface area contributed by atoms with Crippen LogP contribution in [0.25, 0.3) is 11.1 Å². The summed E-state index contributed by atoms with van der Waals surface area (Å²) < 4.78 is 15.9. The maximum Gasteiger partial charge on any atom is 0.131 e. The Kier molecular flexibility index (Phi) is 4.90. The lowest BCUT2D eigenvalue weighted by Crippen LogP contribution is -2.13. The van der Waals surface area contributed by atoms with E-state index >= 15 is 0 Å². The number of aromatic nitrogens is 2. The molecule has 2 rings (SSSR count). The molecule has 108 valence electrons. The molecule has 0 bridgehead atoms. The van der Waals surface area contributed by atoms with E-state index in [1.165, 1.54) is 0 Å². The van der Waals surface area contributed by atoms with Crippen LogP contribution in [0.15, 0.2) is 24.4 Å². The van der Waals surface area contributed by atoms with Gasteiger partial charge in [0.15, 0.2) is 0 Å². The third-order valence-electron chi connectivity index (χ3n) is 3.32. The monoisotopic (exact) mass is 275 g/mol. The van der Waals surface area contributed by atoms with Crippen molar-refractivity contribution in [1.82, 2.24) is 15.1 Å². The van der Waals surface area contributed by atoms with Gasteiger partial charge in [-0.1, -0.05) is 19.9 Å². The van der Waals surface area contributed by atoms with Crippen molar-refractivity contribution >= 4 is 0 Å². The van der Waals surface area contributed by atoms with E-state index in [0.29, 0.717) is 5.56 Å². The average Bonchev–Trinajstić information content (AvgIpc) is 2.82. The molecule has 0 aliphatic carbocycles. The van der Waals surface area contributed by atoms with Crippen molar-refractivity contribution in [1.29, 1.82) is 0 Å². The topological polar surface area (TPSA) is 29.9 Å². The Morgan fingerprint density at radius 1 is 1.25 bits per heavy atom. The first kappa shape index (κ1) is 14.7. The maximum absolute atomic E-state index is 14.1. The molecule has 0 amide bonds. The number of nitrogens with zero attached hydrogens (tertiary/aromatic N) is 2. The van der Waals surface area contributed by atoms with E-state index in [4.69, 9.17) is 0 Å². The Morgan fingerprint density at radius 2 is 2.05 bits per heavy atom. The highest BCUT2D eigenvalue weighted by Gasteiger charge is 2.13. The number of benzene rings is 1. The molecule has 4 heteroatoms. The van der Waals surface area contributed by atoms with Crippen LogP contribution in [0.1, 0.15) is 31.5 Å². The molecule has 0 fully saturated rings. The molecule has 0 aliphatic heterocycles. The summed E-state index contributed by atoms with van der Waals surface area (Å²) in [5, 5.41) is 7.73. The standard InChI is InChI=1S/C16H22FN3/c1-4-8-18-10-12-6-7-15(17)13(9-12)14-11-20(3)19-16(14)5-2/h6-7,9,11,18H,4-5,8,10H2,1-3H3. The predicted molar refractivity (Wildman–Crippen MR) is 80.0 cm³/mol. The molecule has 0 atom stereocenters. The summed E-state index contributed by atoms with van der Waals surface area (Å²) in [7, 11) is 1.87. The smallest absolute Gasteiger partial charge is 0.131 e. The number of aryl methyl sites for hydroxylation is 2. The molecule has 0 saturated carbocycles. The second-order valence-electron chi connectivity index (χ2n) is 5.01. The molecule has 0 spiro atoms. The van der Waals surface area contributed by atoms with Crippen molar-refractivity contribution in [2.45, 2.75) is 33.2 Å². The van der Waals surface area contributed by atoms with Gasteiger partial charge in [-0.15, -0.1) is 0 Å². The molecule has 1 aromatic carbocycles. The lowest BCUT2D eigenvalue weighted by molar-refractivity contribution is 0.627. The number of hydrogen-bond donors (Lipinski definition) is 1. The highest BCUT2D eigenvalue weighted by atomic mass is 19.1. The van der Waals surface area contributed by atoms with Crippen LogP contribution in [0.4, 0.5) is 4.39 Å². The normalized spacial score (nSPS) is 11.0. The van der Waals surface area contributed by atoms with Crippen molar-refractivity contribution in [3.8, 4) is 11.1 Å². The second-order valence-corrected chi connectivity index (χ2v) is 5.01. The van der Waals surface area contributed by atoms with Gasteiger partial charge in [-0.25, -0.2) is 4.39 Å². The van der Waals surface area contributed by atoms with Crippen LogP contribution in [-0.2, 0) is 20.0 Å². The van der Waals surface area contributed by atoms with E-state index in [1.54, 1.807) is 10.7 Å². The van der Waals surface area contributed by atoms with E-state index in [1.807, 2.05) is 32.3 Å². The van der Waals surface area contributed by atoms with E-state index < -0.39 is 0 Å². The van der Waals surface area contributed by atoms with Crippen LogP contribution < -0.4 is 5.32 Å². The van der Waals surface area contributed by atoms with Gasteiger partial charge in [0.05, 0.1) is 5.69 Å². The Morgan fingerprint density at radius 3 is 2.75 bits per heavy atom. The van der Waals surface area contributed by atoms with E-state index in [2.05, 4.69) is 17.3 Å². The van der Waals surface area contributed by atoms with Crippen LogP contribution in [0.3, 0.4) is 0 Å². The predicted octanol–water partition coefficient (Wildman–Crippen LogP) is 3.29. The fourth-order valence-corrected chi connectivity index (χ4v) is 2.32. The SMILES string of the molecule is CCCNCc1ccc(F)c(-c2cn(C)nc2CC)c1. The minimum Gasteiger partial charge on any atom is -0.313 e. The van der Waals surface area contributed by atoms with Gasteiger partial charge in [-0.05, 0) is 37.1 Å². The Labute approximate surface area is 119 Å². The zero-order valence-electron chi connectivity index (χ0n) is 12.4. The van der Waals surface area contributed by atoms with Gasteiger partial charge in [-0.3, -0.25) is 4.68 Å². The van der Waals surface area contributed by atoms with Crippen LogP contribution >= 0.6 is 0 Å². The summed E-state index contributed by atoms with van der Waals surface area (Å²) in [6.07, 6.45) is 3.78. The van der Waals surface area contributed by atoms with E-state index in [-0.39, 0.29) is 5.82 Å². The number of halogens is 1.